The van der Waals surface area contributed by atoms with Crippen molar-refractivity contribution in [1.82, 2.24) is 24.6 Å². The fraction of sp³-hybridized carbons (Fsp3) is 0.0625. The Kier molecular flexibility index (Phi) is 3.09. The fourth-order valence-corrected chi connectivity index (χ4v) is 2.47. The number of aryl methyl sites for hydroxylation is 1. The summed E-state index contributed by atoms with van der Waals surface area (Å²) in [4.78, 5) is 20.0. The van der Waals surface area contributed by atoms with Crippen molar-refractivity contribution >= 4 is 34.2 Å². The van der Waals surface area contributed by atoms with Gasteiger partial charge in [0, 0.05) is 18.1 Å². The van der Waals surface area contributed by atoms with Gasteiger partial charge in [0.25, 0.3) is 0 Å². The van der Waals surface area contributed by atoms with Crippen molar-refractivity contribution in [3.63, 3.8) is 0 Å². The third-order valence-corrected chi connectivity index (χ3v) is 3.64. The molecule has 8 nitrogen and oxygen atoms in total. The molecule has 3 heterocycles. The number of carboxylic acids is 1. The average molecular weight is 320 g/mol. The third kappa shape index (κ3) is 2.21. The molecule has 0 aliphatic heterocycles. The van der Waals surface area contributed by atoms with Crippen molar-refractivity contribution in [2.24, 2.45) is 0 Å². The van der Waals surface area contributed by atoms with Crippen LogP contribution in [0.2, 0.25) is 0 Å². The summed E-state index contributed by atoms with van der Waals surface area (Å²) in [6, 6.07) is 9.43. The molecule has 1 aromatic carbocycles. The number of hydrogen-bond acceptors (Lipinski definition) is 6. The molecule has 24 heavy (non-hydrogen) atoms. The quantitative estimate of drug-likeness (QED) is 0.597. The molecule has 0 saturated heterocycles. The van der Waals surface area contributed by atoms with E-state index in [0.717, 1.165) is 11.3 Å². The zero-order valence-electron chi connectivity index (χ0n) is 12.6. The summed E-state index contributed by atoms with van der Waals surface area (Å²) in [5, 5.41) is 20.9. The molecule has 0 radical (unpaired) electrons. The number of nitrogens with one attached hydrogen (secondary N) is 1. The molecule has 0 saturated carbocycles. The number of anilines is 2. The summed E-state index contributed by atoms with van der Waals surface area (Å²) in [6.07, 6.45) is 3.21. The zero-order chi connectivity index (χ0) is 16.7. The summed E-state index contributed by atoms with van der Waals surface area (Å²) in [6.45, 7) is 1.99. The van der Waals surface area contributed by atoms with E-state index in [4.69, 9.17) is 0 Å². The number of benzene rings is 1. The van der Waals surface area contributed by atoms with Crippen LogP contribution >= 0.6 is 0 Å². The lowest BCUT2D eigenvalue weighted by atomic mass is 10.2. The van der Waals surface area contributed by atoms with Crippen molar-refractivity contribution in [1.29, 1.82) is 0 Å². The number of aromatic carboxylic acids is 1. The van der Waals surface area contributed by atoms with E-state index < -0.39 is 5.97 Å². The molecule has 4 aromatic rings. The van der Waals surface area contributed by atoms with Crippen molar-refractivity contribution in [3.05, 3.63) is 54.1 Å². The van der Waals surface area contributed by atoms with E-state index in [1.165, 1.54) is 4.40 Å². The van der Waals surface area contributed by atoms with Gasteiger partial charge in [-0.3, -0.25) is 4.98 Å². The van der Waals surface area contributed by atoms with Crippen LogP contribution in [-0.2, 0) is 0 Å². The highest BCUT2D eigenvalue weighted by molar-refractivity contribution is 5.94. The number of rotatable bonds is 3. The van der Waals surface area contributed by atoms with Gasteiger partial charge in [0.15, 0.2) is 5.65 Å². The summed E-state index contributed by atoms with van der Waals surface area (Å²) in [7, 11) is 0. The lowest BCUT2D eigenvalue weighted by Gasteiger charge is -2.10. The molecular formula is C16H12N6O2. The topological polar surface area (TPSA) is 105 Å². The minimum absolute atomic E-state index is 0.210. The average Bonchev–Trinajstić information content (AvgIpc) is 3.03. The van der Waals surface area contributed by atoms with Crippen LogP contribution in [0.4, 0.5) is 11.6 Å². The van der Waals surface area contributed by atoms with Crippen molar-refractivity contribution < 1.29 is 9.90 Å². The summed E-state index contributed by atoms with van der Waals surface area (Å²) in [5.41, 5.74) is 2.95. The van der Waals surface area contributed by atoms with Crippen molar-refractivity contribution in [3.8, 4) is 0 Å². The Morgan fingerprint density at radius 2 is 1.96 bits per heavy atom. The minimum Gasteiger partial charge on any atom is -0.475 e. The number of nitrogens with zero attached hydrogens (tertiary/aromatic N) is 5. The van der Waals surface area contributed by atoms with E-state index in [1.54, 1.807) is 18.5 Å². The van der Waals surface area contributed by atoms with Gasteiger partial charge in [-0.15, -0.1) is 10.2 Å². The summed E-state index contributed by atoms with van der Waals surface area (Å²) in [5.74, 6) is -1.06. The second-order valence-electron chi connectivity index (χ2n) is 5.31. The third-order valence-electron chi connectivity index (χ3n) is 3.64. The van der Waals surface area contributed by atoms with E-state index in [1.807, 2.05) is 31.2 Å². The first-order valence-electron chi connectivity index (χ1n) is 7.19. The van der Waals surface area contributed by atoms with Gasteiger partial charge < -0.3 is 10.4 Å². The maximum absolute atomic E-state index is 11.5. The van der Waals surface area contributed by atoms with Crippen LogP contribution in [0.3, 0.4) is 0 Å². The van der Waals surface area contributed by atoms with E-state index in [-0.39, 0.29) is 5.82 Å². The Morgan fingerprint density at radius 3 is 2.71 bits per heavy atom. The van der Waals surface area contributed by atoms with Gasteiger partial charge in [-0.25, -0.2) is 14.2 Å². The lowest BCUT2D eigenvalue weighted by molar-refractivity contribution is 0.0682. The molecular weight excluding hydrogens is 308 g/mol. The molecule has 0 amide bonds. The minimum atomic E-state index is -1.18. The van der Waals surface area contributed by atoms with E-state index in [2.05, 4.69) is 25.5 Å². The second kappa shape index (κ2) is 5.27. The zero-order valence-corrected chi connectivity index (χ0v) is 12.6. The highest BCUT2D eigenvalue weighted by atomic mass is 16.4. The second-order valence-corrected chi connectivity index (χ2v) is 5.31. The number of pyridine rings is 1. The molecule has 3 aromatic heterocycles. The SMILES string of the molecule is Cc1ccc(Nc2nc3ccncc3c3nnc(C(=O)O)n23)cc1. The molecule has 0 spiro atoms. The van der Waals surface area contributed by atoms with Crippen LogP contribution in [-0.4, -0.2) is 35.6 Å². The molecule has 0 atom stereocenters. The molecule has 4 rings (SSSR count). The highest BCUT2D eigenvalue weighted by Crippen LogP contribution is 2.23. The predicted octanol–water partition coefficient (Wildman–Crippen LogP) is 2.42. The smallest absolute Gasteiger partial charge is 0.374 e. The predicted molar refractivity (Wildman–Crippen MR) is 87.5 cm³/mol. The van der Waals surface area contributed by atoms with Crippen LogP contribution in [0.15, 0.2) is 42.7 Å². The van der Waals surface area contributed by atoms with Crippen LogP contribution in [0.5, 0.6) is 0 Å². The number of carboxylic acid groups (broad SMARTS) is 1. The molecule has 0 aliphatic rings. The van der Waals surface area contributed by atoms with E-state index in [9.17, 15) is 9.90 Å². The van der Waals surface area contributed by atoms with E-state index in [0.29, 0.717) is 22.5 Å². The number of hydrogen-bond donors (Lipinski definition) is 2. The molecule has 0 aliphatic carbocycles. The lowest BCUT2D eigenvalue weighted by Crippen LogP contribution is -2.09. The Bertz CT molecular complexity index is 1070. The van der Waals surface area contributed by atoms with Crippen LogP contribution in [0, 0.1) is 6.92 Å². The van der Waals surface area contributed by atoms with Crippen LogP contribution < -0.4 is 5.32 Å². The van der Waals surface area contributed by atoms with Crippen LogP contribution in [0.25, 0.3) is 16.6 Å². The van der Waals surface area contributed by atoms with Gasteiger partial charge in [-0.1, -0.05) is 17.7 Å². The summed E-state index contributed by atoms with van der Waals surface area (Å²) < 4.78 is 1.38. The van der Waals surface area contributed by atoms with Gasteiger partial charge in [0.2, 0.25) is 11.8 Å². The Labute approximate surface area is 135 Å². The maximum atomic E-state index is 11.5. The van der Waals surface area contributed by atoms with Crippen molar-refractivity contribution in [2.75, 3.05) is 5.32 Å². The molecule has 118 valence electrons. The molecule has 2 N–H and O–H groups in total. The Balaban J connectivity index is 1.98. The van der Waals surface area contributed by atoms with Gasteiger partial charge >= 0.3 is 5.97 Å². The standard InChI is InChI=1S/C16H12N6O2/c1-9-2-4-10(5-3-9)18-16-19-12-6-7-17-8-11(12)13-20-21-14(15(23)24)22(13)16/h2-8H,1H3,(H,18,19)(H,23,24). The molecule has 8 heteroatoms. The van der Waals surface area contributed by atoms with Gasteiger partial charge in [0.05, 0.1) is 10.9 Å². The molecule has 0 bridgehead atoms. The Morgan fingerprint density at radius 1 is 1.17 bits per heavy atom. The normalized spacial score (nSPS) is 11.0. The Hall–Kier alpha value is -3.55. The maximum Gasteiger partial charge on any atom is 0.374 e. The van der Waals surface area contributed by atoms with Gasteiger partial charge in [-0.2, -0.15) is 0 Å². The van der Waals surface area contributed by atoms with Gasteiger partial charge in [0.1, 0.15) is 0 Å². The fourth-order valence-electron chi connectivity index (χ4n) is 2.47. The molecule has 0 unspecified atom stereocenters. The monoisotopic (exact) mass is 320 g/mol. The largest absolute Gasteiger partial charge is 0.475 e. The first-order valence-corrected chi connectivity index (χ1v) is 7.19. The van der Waals surface area contributed by atoms with Crippen molar-refractivity contribution in [2.45, 2.75) is 6.92 Å². The van der Waals surface area contributed by atoms with Crippen LogP contribution in [0.1, 0.15) is 16.2 Å². The molecule has 0 fully saturated rings. The van der Waals surface area contributed by atoms with Gasteiger partial charge in [-0.05, 0) is 25.1 Å². The summed E-state index contributed by atoms with van der Waals surface area (Å²) >= 11 is 0. The first-order chi connectivity index (χ1) is 11.6. The first kappa shape index (κ1) is 14.1. The number of carbonyl (C=O) groups is 1. The number of aromatic nitrogens is 5. The number of fused-ring (bicyclic) bond motifs is 3. The van der Waals surface area contributed by atoms with E-state index >= 15 is 0 Å². The highest BCUT2D eigenvalue weighted by Gasteiger charge is 2.19.